The van der Waals surface area contributed by atoms with Crippen molar-refractivity contribution in [2.75, 3.05) is 0 Å². The summed E-state index contributed by atoms with van der Waals surface area (Å²) in [4.78, 5) is 21.8. The minimum absolute atomic E-state index is 0.0170. The van der Waals surface area contributed by atoms with Crippen molar-refractivity contribution in [3.8, 4) is 0 Å². The normalized spacial score (nSPS) is 11.9. The first-order valence-electron chi connectivity index (χ1n) is 5.81. The third-order valence-corrected chi connectivity index (χ3v) is 3.60. The second-order valence-corrected chi connectivity index (χ2v) is 5.56. The van der Waals surface area contributed by atoms with Crippen LogP contribution in [0.25, 0.3) is 0 Å². The third kappa shape index (κ3) is 6.07. The van der Waals surface area contributed by atoms with Gasteiger partial charge in [0.05, 0.1) is 0 Å². The highest BCUT2D eigenvalue weighted by Gasteiger charge is 2.14. The number of rotatable bonds is 6. The van der Waals surface area contributed by atoms with E-state index in [-0.39, 0.29) is 18.4 Å². The predicted molar refractivity (Wildman–Crippen MR) is 77.3 cm³/mol. The van der Waals surface area contributed by atoms with Crippen molar-refractivity contribution in [1.82, 2.24) is 5.32 Å². The molecule has 1 aromatic carbocycles. The van der Waals surface area contributed by atoms with Gasteiger partial charge in [0.15, 0.2) is 0 Å². The van der Waals surface area contributed by atoms with E-state index in [1.165, 1.54) is 6.92 Å². The molecule has 19 heavy (non-hydrogen) atoms. The Kier molecular flexibility index (Phi) is 6.31. The lowest BCUT2D eigenvalue weighted by Gasteiger charge is -2.18. The molecule has 0 aromatic heterocycles. The van der Waals surface area contributed by atoms with Crippen LogP contribution >= 0.6 is 27.5 Å². The lowest BCUT2D eigenvalue weighted by atomic mass is 10.0. The predicted octanol–water partition coefficient (Wildman–Crippen LogP) is 3.01. The lowest BCUT2D eigenvalue weighted by molar-refractivity contribution is -0.137. The van der Waals surface area contributed by atoms with Crippen LogP contribution in [0.4, 0.5) is 0 Å². The van der Waals surface area contributed by atoms with Crippen LogP contribution in [0.1, 0.15) is 25.3 Å². The molecule has 1 amide bonds. The van der Waals surface area contributed by atoms with E-state index in [0.717, 1.165) is 10.0 Å². The number of carbonyl (C=O) groups is 2. The number of benzene rings is 1. The fourth-order valence-electron chi connectivity index (χ4n) is 1.78. The Labute approximate surface area is 125 Å². The second kappa shape index (κ2) is 7.50. The molecular weight excluding hydrogens is 334 g/mol. The Hall–Kier alpha value is -1.07. The minimum atomic E-state index is -0.875. The highest BCUT2D eigenvalue weighted by atomic mass is 79.9. The number of amides is 1. The van der Waals surface area contributed by atoms with Crippen molar-refractivity contribution < 1.29 is 14.7 Å². The SMILES string of the molecule is CC(=O)NC(CCC(=O)O)Cc1cc(Cl)ccc1Br. The van der Waals surface area contributed by atoms with Crippen LogP contribution in [0.5, 0.6) is 0 Å². The van der Waals surface area contributed by atoms with Crippen molar-refractivity contribution in [3.05, 3.63) is 33.3 Å². The Balaban J connectivity index is 2.77. The molecule has 0 aliphatic carbocycles. The van der Waals surface area contributed by atoms with Gasteiger partial charge in [-0.05, 0) is 36.6 Å². The summed E-state index contributed by atoms with van der Waals surface area (Å²) in [5.41, 5.74) is 0.941. The molecule has 0 fully saturated rings. The Morgan fingerprint density at radius 1 is 1.47 bits per heavy atom. The number of nitrogens with one attached hydrogen (secondary N) is 1. The molecule has 4 nitrogen and oxygen atoms in total. The zero-order valence-electron chi connectivity index (χ0n) is 10.5. The maximum Gasteiger partial charge on any atom is 0.303 e. The van der Waals surface area contributed by atoms with Gasteiger partial charge in [-0.2, -0.15) is 0 Å². The van der Waals surface area contributed by atoms with Crippen LogP contribution in [0.15, 0.2) is 22.7 Å². The van der Waals surface area contributed by atoms with Gasteiger partial charge < -0.3 is 10.4 Å². The highest BCUT2D eigenvalue weighted by Crippen LogP contribution is 2.23. The van der Waals surface area contributed by atoms with Crippen LogP contribution < -0.4 is 5.32 Å². The first-order chi connectivity index (χ1) is 8.88. The van der Waals surface area contributed by atoms with Gasteiger partial charge in [-0.3, -0.25) is 9.59 Å². The summed E-state index contributed by atoms with van der Waals surface area (Å²) < 4.78 is 0.891. The molecule has 0 heterocycles. The molecule has 0 aliphatic rings. The van der Waals surface area contributed by atoms with Crippen molar-refractivity contribution >= 4 is 39.4 Å². The summed E-state index contributed by atoms with van der Waals surface area (Å²) in [5, 5.41) is 12.1. The van der Waals surface area contributed by atoms with E-state index < -0.39 is 5.97 Å². The van der Waals surface area contributed by atoms with Crippen LogP contribution in [0.3, 0.4) is 0 Å². The number of aliphatic carboxylic acids is 1. The fourth-order valence-corrected chi connectivity index (χ4v) is 2.38. The smallest absolute Gasteiger partial charge is 0.303 e. The summed E-state index contributed by atoms with van der Waals surface area (Å²) >= 11 is 9.35. The number of hydrogen-bond donors (Lipinski definition) is 2. The molecule has 0 aliphatic heterocycles. The summed E-state index contributed by atoms with van der Waals surface area (Å²) in [6, 6.07) is 5.18. The van der Waals surface area contributed by atoms with E-state index >= 15 is 0 Å². The van der Waals surface area contributed by atoms with E-state index in [1.807, 2.05) is 6.07 Å². The Morgan fingerprint density at radius 2 is 2.16 bits per heavy atom. The van der Waals surface area contributed by atoms with Crippen molar-refractivity contribution in [2.24, 2.45) is 0 Å². The quantitative estimate of drug-likeness (QED) is 0.830. The zero-order chi connectivity index (χ0) is 14.4. The molecule has 1 atom stereocenters. The molecule has 0 saturated heterocycles. The molecule has 1 rings (SSSR count). The van der Waals surface area contributed by atoms with Gasteiger partial charge in [0.1, 0.15) is 0 Å². The summed E-state index contributed by atoms with van der Waals surface area (Å²) in [7, 11) is 0. The number of carbonyl (C=O) groups excluding carboxylic acids is 1. The van der Waals surface area contributed by atoms with Crippen molar-refractivity contribution in [1.29, 1.82) is 0 Å². The molecule has 2 N–H and O–H groups in total. The molecule has 0 spiro atoms. The van der Waals surface area contributed by atoms with Gasteiger partial charge in [0, 0.05) is 28.9 Å². The van der Waals surface area contributed by atoms with E-state index in [2.05, 4.69) is 21.2 Å². The van der Waals surface area contributed by atoms with Gasteiger partial charge in [-0.1, -0.05) is 27.5 Å². The summed E-state index contributed by atoms with van der Waals surface area (Å²) in [5.74, 6) is -1.05. The number of carboxylic acids is 1. The topological polar surface area (TPSA) is 66.4 Å². The Bertz CT molecular complexity index is 479. The lowest BCUT2D eigenvalue weighted by Crippen LogP contribution is -2.35. The van der Waals surface area contributed by atoms with Crippen LogP contribution in [0, 0.1) is 0 Å². The largest absolute Gasteiger partial charge is 0.481 e. The molecule has 6 heteroatoms. The standard InChI is InChI=1S/C13H15BrClNO3/c1-8(17)16-11(3-5-13(18)19)7-9-6-10(15)2-4-12(9)14/h2,4,6,11H,3,5,7H2,1H3,(H,16,17)(H,18,19). The van der Waals surface area contributed by atoms with Gasteiger partial charge >= 0.3 is 5.97 Å². The van der Waals surface area contributed by atoms with Crippen molar-refractivity contribution in [2.45, 2.75) is 32.2 Å². The monoisotopic (exact) mass is 347 g/mol. The zero-order valence-corrected chi connectivity index (χ0v) is 12.8. The number of carboxylic acid groups (broad SMARTS) is 1. The van der Waals surface area contributed by atoms with Gasteiger partial charge in [-0.15, -0.1) is 0 Å². The molecule has 0 radical (unpaired) electrons. The minimum Gasteiger partial charge on any atom is -0.481 e. The fraction of sp³-hybridized carbons (Fsp3) is 0.385. The Morgan fingerprint density at radius 3 is 2.74 bits per heavy atom. The molecule has 1 unspecified atom stereocenters. The van der Waals surface area contributed by atoms with E-state index in [4.69, 9.17) is 16.7 Å². The van der Waals surface area contributed by atoms with Gasteiger partial charge in [-0.25, -0.2) is 0 Å². The summed E-state index contributed by atoms with van der Waals surface area (Å²) in [6.45, 7) is 1.42. The second-order valence-electron chi connectivity index (χ2n) is 4.27. The van der Waals surface area contributed by atoms with E-state index in [9.17, 15) is 9.59 Å². The van der Waals surface area contributed by atoms with Gasteiger partial charge in [0.25, 0.3) is 0 Å². The highest BCUT2D eigenvalue weighted by molar-refractivity contribution is 9.10. The number of hydrogen-bond acceptors (Lipinski definition) is 2. The maximum absolute atomic E-state index is 11.1. The van der Waals surface area contributed by atoms with Crippen molar-refractivity contribution in [3.63, 3.8) is 0 Å². The third-order valence-electron chi connectivity index (χ3n) is 2.59. The van der Waals surface area contributed by atoms with E-state index in [0.29, 0.717) is 17.9 Å². The maximum atomic E-state index is 11.1. The first kappa shape index (κ1) is 16.0. The summed E-state index contributed by atoms with van der Waals surface area (Å²) in [6.07, 6.45) is 0.936. The molecular formula is C13H15BrClNO3. The average Bonchev–Trinajstić information content (AvgIpc) is 2.30. The van der Waals surface area contributed by atoms with Crippen LogP contribution in [-0.2, 0) is 16.0 Å². The molecule has 1 aromatic rings. The number of halogens is 2. The molecule has 0 bridgehead atoms. The average molecular weight is 349 g/mol. The van der Waals surface area contributed by atoms with E-state index in [1.54, 1.807) is 12.1 Å². The van der Waals surface area contributed by atoms with Gasteiger partial charge in [0.2, 0.25) is 5.91 Å². The molecule has 0 saturated carbocycles. The molecule has 104 valence electrons. The van der Waals surface area contributed by atoms with Crippen LogP contribution in [-0.4, -0.2) is 23.0 Å². The van der Waals surface area contributed by atoms with Crippen LogP contribution in [0.2, 0.25) is 5.02 Å². The first-order valence-corrected chi connectivity index (χ1v) is 6.98.